The lowest BCUT2D eigenvalue weighted by atomic mass is 10.1. The molecule has 142 valence electrons. The van der Waals surface area contributed by atoms with Crippen LogP contribution in [0.3, 0.4) is 0 Å². The van der Waals surface area contributed by atoms with Crippen molar-refractivity contribution in [3.8, 4) is 17.0 Å². The van der Waals surface area contributed by atoms with Crippen LogP contribution in [0.4, 0.5) is 4.39 Å². The van der Waals surface area contributed by atoms with Gasteiger partial charge in [-0.25, -0.2) is 4.39 Å². The highest BCUT2D eigenvalue weighted by atomic mass is 32.2. The van der Waals surface area contributed by atoms with Crippen molar-refractivity contribution in [3.63, 3.8) is 0 Å². The Morgan fingerprint density at radius 1 is 1.00 bits per heavy atom. The van der Waals surface area contributed by atoms with Gasteiger partial charge in [0.1, 0.15) is 18.1 Å². The number of quaternary nitrogens is 1. The van der Waals surface area contributed by atoms with E-state index in [4.69, 9.17) is 4.42 Å². The van der Waals surface area contributed by atoms with Gasteiger partial charge in [-0.05, 0) is 46.8 Å². The molecule has 4 aromatic rings. The third-order valence-electron chi connectivity index (χ3n) is 4.14. The van der Waals surface area contributed by atoms with Gasteiger partial charge in [0.05, 0.1) is 23.5 Å². The number of tetrazole rings is 1. The Morgan fingerprint density at radius 3 is 2.68 bits per heavy atom. The van der Waals surface area contributed by atoms with Gasteiger partial charge in [-0.1, -0.05) is 42.1 Å². The molecule has 0 bridgehead atoms. The van der Waals surface area contributed by atoms with Gasteiger partial charge in [0.15, 0.2) is 5.76 Å². The molecule has 0 fully saturated rings. The first-order valence-electron chi connectivity index (χ1n) is 8.93. The Kier molecular flexibility index (Phi) is 5.79. The largest absolute Gasteiger partial charge is 0.455 e. The number of furan rings is 1. The van der Waals surface area contributed by atoms with Crippen LogP contribution < -0.4 is 5.32 Å². The molecule has 8 heteroatoms. The average molecular weight is 396 g/mol. The van der Waals surface area contributed by atoms with Crippen molar-refractivity contribution in [1.29, 1.82) is 0 Å². The molecule has 0 amide bonds. The minimum absolute atomic E-state index is 0.278. The molecule has 0 aliphatic heterocycles. The molecule has 2 aromatic heterocycles. The van der Waals surface area contributed by atoms with E-state index in [1.54, 1.807) is 34.6 Å². The molecule has 2 aromatic carbocycles. The summed E-state index contributed by atoms with van der Waals surface area (Å²) in [4.78, 5) is 0. The predicted octanol–water partition coefficient (Wildman–Crippen LogP) is 2.92. The van der Waals surface area contributed by atoms with Crippen molar-refractivity contribution in [1.82, 2.24) is 20.2 Å². The highest BCUT2D eigenvalue weighted by molar-refractivity contribution is 7.99. The number of rotatable bonds is 8. The van der Waals surface area contributed by atoms with E-state index < -0.39 is 0 Å². The number of benzene rings is 2. The maximum Gasteiger partial charge on any atom is 0.214 e. The molecular weight excluding hydrogens is 377 g/mol. The zero-order valence-electron chi connectivity index (χ0n) is 15.0. The molecule has 0 unspecified atom stereocenters. The molecule has 28 heavy (non-hydrogen) atoms. The zero-order valence-corrected chi connectivity index (χ0v) is 15.8. The van der Waals surface area contributed by atoms with Crippen molar-refractivity contribution in [2.24, 2.45) is 0 Å². The second kappa shape index (κ2) is 8.81. The normalized spacial score (nSPS) is 11.0. The number of para-hydroxylation sites is 1. The van der Waals surface area contributed by atoms with Crippen LogP contribution in [0.15, 0.2) is 76.3 Å². The van der Waals surface area contributed by atoms with Crippen LogP contribution in [0, 0.1) is 5.82 Å². The van der Waals surface area contributed by atoms with Crippen molar-refractivity contribution in [3.05, 3.63) is 78.3 Å². The summed E-state index contributed by atoms with van der Waals surface area (Å²) in [7, 11) is 0. The minimum atomic E-state index is -0.278. The summed E-state index contributed by atoms with van der Waals surface area (Å²) >= 11 is 1.60. The number of thioether (sulfide) groups is 1. The Hall–Kier alpha value is -2.97. The van der Waals surface area contributed by atoms with E-state index in [9.17, 15) is 4.39 Å². The van der Waals surface area contributed by atoms with Gasteiger partial charge >= 0.3 is 0 Å². The smallest absolute Gasteiger partial charge is 0.214 e. The highest BCUT2D eigenvalue weighted by Gasteiger charge is 2.11. The zero-order chi connectivity index (χ0) is 19.2. The topological polar surface area (TPSA) is 73.3 Å². The van der Waals surface area contributed by atoms with Gasteiger partial charge in [-0.2, -0.15) is 4.68 Å². The third-order valence-corrected chi connectivity index (χ3v) is 5.09. The molecule has 4 rings (SSSR count). The lowest BCUT2D eigenvalue weighted by molar-refractivity contribution is -0.668. The van der Waals surface area contributed by atoms with Crippen molar-refractivity contribution in [2.45, 2.75) is 11.7 Å². The Balaban J connectivity index is 1.27. The molecule has 0 spiro atoms. The summed E-state index contributed by atoms with van der Waals surface area (Å²) in [5.74, 6) is 1.95. The Labute approximate surface area is 165 Å². The molecule has 0 atom stereocenters. The molecule has 0 saturated carbocycles. The third kappa shape index (κ3) is 4.29. The van der Waals surface area contributed by atoms with E-state index in [-0.39, 0.29) is 5.82 Å². The fraction of sp³-hybridized carbons (Fsp3) is 0.150. The van der Waals surface area contributed by atoms with Gasteiger partial charge in [0.25, 0.3) is 0 Å². The summed E-state index contributed by atoms with van der Waals surface area (Å²) < 4.78 is 21.3. The van der Waals surface area contributed by atoms with Crippen LogP contribution in [0.2, 0.25) is 0 Å². The van der Waals surface area contributed by atoms with Gasteiger partial charge < -0.3 is 9.73 Å². The Bertz CT molecular complexity index is 1030. The predicted molar refractivity (Wildman–Crippen MR) is 104 cm³/mol. The fourth-order valence-electron chi connectivity index (χ4n) is 2.77. The van der Waals surface area contributed by atoms with Crippen LogP contribution >= 0.6 is 11.8 Å². The summed E-state index contributed by atoms with van der Waals surface area (Å²) in [6.45, 7) is 1.57. The summed E-state index contributed by atoms with van der Waals surface area (Å²) in [6.07, 6.45) is 0. The minimum Gasteiger partial charge on any atom is -0.455 e. The van der Waals surface area contributed by atoms with Crippen molar-refractivity contribution >= 4 is 11.8 Å². The van der Waals surface area contributed by atoms with Crippen LogP contribution in [-0.2, 0) is 6.54 Å². The number of nitrogens with zero attached hydrogens (tertiary/aromatic N) is 4. The van der Waals surface area contributed by atoms with Crippen LogP contribution in [0.5, 0.6) is 0 Å². The quantitative estimate of drug-likeness (QED) is 0.366. The average Bonchev–Trinajstić information content (AvgIpc) is 3.38. The van der Waals surface area contributed by atoms with Crippen LogP contribution in [0.25, 0.3) is 17.0 Å². The van der Waals surface area contributed by atoms with E-state index in [1.165, 1.54) is 6.07 Å². The maximum atomic E-state index is 13.8. The van der Waals surface area contributed by atoms with Crippen molar-refractivity contribution < 1.29 is 14.1 Å². The molecule has 2 N–H and O–H groups in total. The highest BCUT2D eigenvalue weighted by Crippen LogP contribution is 2.24. The molecule has 6 nitrogen and oxygen atoms in total. The first-order chi connectivity index (χ1) is 13.8. The monoisotopic (exact) mass is 396 g/mol. The molecule has 0 radical (unpaired) electrons. The first kappa shape index (κ1) is 18.4. The number of halogens is 1. The van der Waals surface area contributed by atoms with Crippen LogP contribution in [0.1, 0.15) is 5.76 Å². The number of hydrogen-bond acceptors (Lipinski definition) is 5. The standard InChI is InChI=1S/C20H18FN5OS/c21-18-9-5-4-8-17(18)19-11-10-16(27-19)14-22-12-13-28-20-23-24-25-26(20)15-6-2-1-3-7-15/h1-11,22H,12-14H2/p+1. The number of aromatic nitrogens is 4. The molecule has 2 heterocycles. The first-order valence-corrected chi connectivity index (χ1v) is 9.92. The molecule has 0 saturated heterocycles. The lowest BCUT2D eigenvalue weighted by Gasteiger charge is -2.03. The second-order valence-electron chi connectivity index (χ2n) is 6.08. The summed E-state index contributed by atoms with van der Waals surface area (Å²) in [5.41, 5.74) is 1.42. The number of nitrogens with two attached hydrogens (primary N) is 1. The molecule has 0 aliphatic rings. The van der Waals surface area contributed by atoms with Crippen LogP contribution in [-0.4, -0.2) is 32.5 Å². The maximum absolute atomic E-state index is 13.8. The second-order valence-corrected chi connectivity index (χ2v) is 7.15. The van der Waals surface area contributed by atoms with Gasteiger partial charge in [0, 0.05) is 0 Å². The van der Waals surface area contributed by atoms with Crippen molar-refractivity contribution in [2.75, 3.05) is 12.3 Å². The summed E-state index contributed by atoms with van der Waals surface area (Å²) in [6, 6.07) is 20.1. The van der Waals surface area contributed by atoms with Gasteiger partial charge in [-0.3, -0.25) is 0 Å². The molecular formula is C20H19FN5OS+. The molecule has 0 aliphatic carbocycles. The van der Waals surface area contributed by atoms with Gasteiger partial charge in [0.2, 0.25) is 5.16 Å². The van der Waals surface area contributed by atoms with E-state index >= 15 is 0 Å². The van der Waals surface area contributed by atoms with E-state index in [0.717, 1.165) is 28.9 Å². The number of hydrogen-bond donors (Lipinski definition) is 1. The SMILES string of the molecule is Fc1ccccc1-c1ccc(C[NH2+]CCSc2nnnn2-c2ccccc2)o1. The van der Waals surface area contributed by atoms with E-state index in [2.05, 4.69) is 20.8 Å². The fourth-order valence-corrected chi connectivity index (χ4v) is 3.60. The summed E-state index contributed by atoms with van der Waals surface area (Å²) in [5, 5.41) is 14.8. The lowest BCUT2D eigenvalue weighted by Crippen LogP contribution is -2.83. The van der Waals surface area contributed by atoms with E-state index in [1.807, 2.05) is 42.5 Å². The Morgan fingerprint density at radius 2 is 1.82 bits per heavy atom. The van der Waals surface area contributed by atoms with Gasteiger partial charge in [-0.15, -0.1) is 5.10 Å². The van der Waals surface area contributed by atoms with E-state index in [0.29, 0.717) is 17.9 Å².